The molecular weight excluding hydrogens is 236 g/mol. The van der Waals surface area contributed by atoms with Gasteiger partial charge in [0, 0.05) is 6.04 Å². The van der Waals surface area contributed by atoms with E-state index in [4.69, 9.17) is 5.73 Å². The molecule has 1 aromatic carbocycles. The van der Waals surface area contributed by atoms with Gasteiger partial charge in [-0.15, -0.1) is 0 Å². The molecule has 0 aliphatic heterocycles. The van der Waals surface area contributed by atoms with Crippen LogP contribution in [-0.4, -0.2) is 11.9 Å². The van der Waals surface area contributed by atoms with Crippen LogP contribution in [0.3, 0.4) is 0 Å². The minimum atomic E-state index is -0.322. The first-order valence-electron chi connectivity index (χ1n) is 6.98. The van der Waals surface area contributed by atoms with E-state index in [1.54, 1.807) is 6.92 Å². The molecule has 106 valence electrons. The normalized spacial score (nSPS) is 14.7. The summed E-state index contributed by atoms with van der Waals surface area (Å²) in [5, 5.41) is 3.31. The van der Waals surface area contributed by atoms with Crippen molar-refractivity contribution in [1.82, 2.24) is 5.32 Å². The molecule has 0 saturated heterocycles. The summed E-state index contributed by atoms with van der Waals surface area (Å²) in [5.41, 5.74) is 7.85. The van der Waals surface area contributed by atoms with Crippen molar-refractivity contribution in [3.05, 3.63) is 35.4 Å². The predicted molar refractivity (Wildman–Crippen MR) is 79.9 cm³/mol. The van der Waals surface area contributed by atoms with Gasteiger partial charge in [-0.2, -0.15) is 0 Å². The van der Waals surface area contributed by atoms with Gasteiger partial charge in [-0.25, -0.2) is 0 Å². The molecule has 0 aliphatic carbocycles. The van der Waals surface area contributed by atoms with Gasteiger partial charge >= 0.3 is 0 Å². The van der Waals surface area contributed by atoms with Crippen LogP contribution in [0.4, 0.5) is 0 Å². The Morgan fingerprint density at radius 2 is 1.47 bits per heavy atom. The number of nitrogens with two attached hydrogens (primary N) is 1. The molecule has 2 atom stereocenters. The third kappa shape index (κ3) is 4.35. The van der Waals surface area contributed by atoms with Crippen LogP contribution in [0.15, 0.2) is 24.3 Å². The van der Waals surface area contributed by atoms with Gasteiger partial charge in [0.25, 0.3) is 0 Å². The second kappa shape index (κ2) is 6.71. The Morgan fingerprint density at radius 3 is 1.84 bits per heavy atom. The Kier molecular flexibility index (Phi) is 5.55. The SMILES string of the molecule is CC(C)c1ccc([C@@H](N[C@@H](C)C(N)=O)C(C)C)cc1. The van der Waals surface area contributed by atoms with Gasteiger partial charge in [-0.1, -0.05) is 52.0 Å². The van der Waals surface area contributed by atoms with Gasteiger partial charge in [-0.3, -0.25) is 10.1 Å². The lowest BCUT2D eigenvalue weighted by atomic mass is 9.93. The van der Waals surface area contributed by atoms with Crippen LogP contribution in [-0.2, 0) is 4.79 Å². The molecular formula is C16H26N2O. The highest BCUT2D eigenvalue weighted by Crippen LogP contribution is 2.24. The molecule has 0 saturated carbocycles. The van der Waals surface area contributed by atoms with Crippen molar-refractivity contribution in [2.75, 3.05) is 0 Å². The minimum Gasteiger partial charge on any atom is -0.368 e. The average molecular weight is 262 g/mol. The number of rotatable bonds is 6. The molecule has 0 bridgehead atoms. The molecule has 0 spiro atoms. The second-order valence-electron chi connectivity index (χ2n) is 5.83. The largest absolute Gasteiger partial charge is 0.368 e. The van der Waals surface area contributed by atoms with Crippen molar-refractivity contribution in [1.29, 1.82) is 0 Å². The Morgan fingerprint density at radius 1 is 1.00 bits per heavy atom. The van der Waals surface area contributed by atoms with Gasteiger partial charge in [0.05, 0.1) is 6.04 Å². The average Bonchev–Trinajstić information content (AvgIpc) is 2.35. The van der Waals surface area contributed by atoms with E-state index in [0.717, 1.165) is 0 Å². The van der Waals surface area contributed by atoms with Crippen LogP contribution in [0.5, 0.6) is 0 Å². The standard InChI is InChI=1S/C16H26N2O/c1-10(2)13-6-8-14(9-7-13)15(11(3)4)18-12(5)16(17)19/h6-12,15,18H,1-5H3,(H2,17,19)/t12-,15-/m0/s1. The molecule has 3 nitrogen and oxygen atoms in total. The third-order valence-electron chi connectivity index (χ3n) is 3.49. The zero-order chi connectivity index (χ0) is 14.6. The smallest absolute Gasteiger partial charge is 0.234 e. The fourth-order valence-electron chi connectivity index (χ4n) is 2.11. The lowest BCUT2D eigenvalue weighted by Crippen LogP contribution is -2.42. The van der Waals surface area contributed by atoms with Crippen LogP contribution in [0.2, 0.25) is 0 Å². The lowest BCUT2D eigenvalue weighted by molar-refractivity contribution is -0.119. The summed E-state index contributed by atoms with van der Waals surface area (Å²) in [6.45, 7) is 10.5. The molecule has 0 aliphatic rings. The van der Waals surface area contributed by atoms with E-state index in [2.05, 4.69) is 57.3 Å². The number of hydrogen-bond acceptors (Lipinski definition) is 2. The topological polar surface area (TPSA) is 55.1 Å². The molecule has 1 rings (SSSR count). The summed E-state index contributed by atoms with van der Waals surface area (Å²) in [6, 6.07) is 8.42. The van der Waals surface area contributed by atoms with Crippen LogP contribution in [0, 0.1) is 5.92 Å². The van der Waals surface area contributed by atoms with Crippen LogP contribution in [0.1, 0.15) is 57.7 Å². The highest BCUT2D eigenvalue weighted by Gasteiger charge is 2.20. The maximum Gasteiger partial charge on any atom is 0.234 e. The Bertz CT molecular complexity index is 409. The molecule has 3 heteroatoms. The van der Waals surface area contributed by atoms with E-state index in [0.29, 0.717) is 11.8 Å². The summed E-state index contributed by atoms with van der Waals surface area (Å²) in [7, 11) is 0. The third-order valence-corrected chi connectivity index (χ3v) is 3.49. The van der Waals surface area contributed by atoms with Gasteiger partial charge in [0.15, 0.2) is 0 Å². The van der Waals surface area contributed by atoms with E-state index in [-0.39, 0.29) is 18.0 Å². The van der Waals surface area contributed by atoms with E-state index < -0.39 is 0 Å². The molecule has 0 aromatic heterocycles. The van der Waals surface area contributed by atoms with Crippen molar-refractivity contribution >= 4 is 5.91 Å². The minimum absolute atomic E-state index is 0.142. The van der Waals surface area contributed by atoms with E-state index in [9.17, 15) is 4.79 Å². The lowest BCUT2D eigenvalue weighted by Gasteiger charge is -2.26. The zero-order valence-electron chi connectivity index (χ0n) is 12.6. The fourth-order valence-corrected chi connectivity index (χ4v) is 2.11. The maximum atomic E-state index is 11.2. The Labute approximate surface area is 116 Å². The molecule has 3 N–H and O–H groups in total. The van der Waals surface area contributed by atoms with Gasteiger partial charge in [0.1, 0.15) is 0 Å². The quantitative estimate of drug-likeness (QED) is 0.828. The summed E-state index contributed by atoms with van der Waals surface area (Å²) in [5.74, 6) is 0.611. The number of carbonyl (C=O) groups excluding carboxylic acids is 1. The van der Waals surface area contributed by atoms with Crippen molar-refractivity contribution in [2.45, 2.75) is 52.6 Å². The number of nitrogens with one attached hydrogen (secondary N) is 1. The molecule has 0 heterocycles. The molecule has 1 amide bonds. The van der Waals surface area contributed by atoms with E-state index in [1.165, 1.54) is 11.1 Å². The van der Waals surface area contributed by atoms with Crippen molar-refractivity contribution in [2.24, 2.45) is 11.7 Å². The van der Waals surface area contributed by atoms with Crippen LogP contribution >= 0.6 is 0 Å². The summed E-state index contributed by atoms with van der Waals surface area (Å²) < 4.78 is 0. The predicted octanol–water partition coefficient (Wildman–Crippen LogP) is 2.97. The van der Waals surface area contributed by atoms with E-state index >= 15 is 0 Å². The fraction of sp³-hybridized carbons (Fsp3) is 0.562. The Hall–Kier alpha value is -1.35. The number of benzene rings is 1. The van der Waals surface area contributed by atoms with Crippen molar-refractivity contribution < 1.29 is 4.79 Å². The van der Waals surface area contributed by atoms with Crippen LogP contribution < -0.4 is 11.1 Å². The van der Waals surface area contributed by atoms with Gasteiger partial charge in [-0.05, 0) is 29.9 Å². The molecule has 0 fully saturated rings. The maximum absolute atomic E-state index is 11.2. The van der Waals surface area contributed by atoms with Crippen LogP contribution in [0.25, 0.3) is 0 Å². The molecule has 1 aromatic rings. The monoisotopic (exact) mass is 262 g/mol. The summed E-state index contributed by atoms with van der Waals surface area (Å²) in [4.78, 5) is 11.2. The van der Waals surface area contributed by atoms with Crippen molar-refractivity contribution in [3.8, 4) is 0 Å². The number of primary amides is 1. The highest BCUT2D eigenvalue weighted by molar-refractivity contribution is 5.79. The van der Waals surface area contributed by atoms with E-state index in [1.807, 2.05) is 0 Å². The molecule has 0 radical (unpaired) electrons. The first-order valence-corrected chi connectivity index (χ1v) is 6.98. The first kappa shape index (κ1) is 15.7. The number of carbonyl (C=O) groups is 1. The Balaban J connectivity index is 2.90. The number of hydrogen-bond donors (Lipinski definition) is 2. The highest BCUT2D eigenvalue weighted by atomic mass is 16.1. The first-order chi connectivity index (χ1) is 8.82. The van der Waals surface area contributed by atoms with Gasteiger partial charge in [0.2, 0.25) is 5.91 Å². The molecule has 19 heavy (non-hydrogen) atoms. The summed E-state index contributed by atoms with van der Waals surface area (Å²) in [6.07, 6.45) is 0. The van der Waals surface area contributed by atoms with Gasteiger partial charge < -0.3 is 5.73 Å². The summed E-state index contributed by atoms with van der Waals surface area (Å²) >= 11 is 0. The zero-order valence-corrected chi connectivity index (χ0v) is 12.6. The molecule has 0 unspecified atom stereocenters. The number of amides is 1. The second-order valence-corrected chi connectivity index (χ2v) is 5.83. The van der Waals surface area contributed by atoms with Crippen molar-refractivity contribution in [3.63, 3.8) is 0 Å².